The number of hydrogen-bond acceptors (Lipinski definition) is 3. The molecule has 0 spiro atoms. The van der Waals surface area contributed by atoms with E-state index in [2.05, 4.69) is 18.2 Å². The predicted octanol–water partition coefficient (Wildman–Crippen LogP) is 3.46. The topological polar surface area (TPSA) is 89.6 Å². The molecule has 0 saturated carbocycles. The highest BCUT2D eigenvalue weighted by atomic mass is 16.5. The van der Waals surface area contributed by atoms with Gasteiger partial charge in [0.05, 0.1) is 6.61 Å². The average molecular weight is 335 g/mol. The van der Waals surface area contributed by atoms with Crippen molar-refractivity contribution in [3.05, 3.63) is 29.3 Å². The SMILES string of the molecule is Cc1ccc(CCCCCC(=O)O)cc1OC[C@@H](C)CCC(N)=O. The summed E-state index contributed by atoms with van der Waals surface area (Å²) in [6, 6.07) is 6.21. The van der Waals surface area contributed by atoms with Crippen LogP contribution in [0.25, 0.3) is 0 Å². The summed E-state index contributed by atoms with van der Waals surface area (Å²) in [7, 11) is 0. The number of ether oxygens (including phenoxy) is 1. The summed E-state index contributed by atoms with van der Waals surface area (Å²) in [4.78, 5) is 21.3. The number of carboxylic acids is 1. The molecule has 0 radical (unpaired) electrons. The van der Waals surface area contributed by atoms with Crippen molar-refractivity contribution < 1.29 is 19.4 Å². The van der Waals surface area contributed by atoms with Crippen LogP contribution in [0.5, 0.6) is 5.75 Å². The van der Waals surface area contributed by atoms with Gasteiger partial charge in [-0.15, -0.1) is 0 Å². The minimum absolute atomic E-state index is 0.242. The summed E-state index contributed by atoms with van der Waals surface area (Å²) >= 11 is 0. The number of rotatable bonds is 12. The standard InChI is InChI=1S/C19H29NO4/c1-14(8-11-18(20)21)13-24-17-12-16(10-9-15(17)2)6-4-3-5-7-19(22)23/h9-10,12,14H,3-8,11,13H2,1-2H3,(H2,20,21)(H,22,23)/t14-/m0/s1. The zero-order chi connectivity index (χ0) is 17.9. The van der Waals surface area contributed by atoms with Gasteiger partial charge in [-0.1, -0.05) is 25.5 Å². The molecule has 134 valence electrons. The van der Waals surface area contributed by atoms with Crippen LogP contribution in [0.1, 0.15) is 56.6 Å². The van der Waals surface area contributed by atoms with Crippen molar-refractivity contribution in [3.63, 3.8) is 0 Å². The molecule has 5 nitrogen and oxygen atoms in total. The van der Waals surface area contributed by atoms with E-state index in [-0.39, 0.29) is 18.2 Å². The molecule has 0 heterocycles. The third-order valence-electron chi connectivity index (χ3n) is 4.02. The van der Waals surface area contributed by atoms with Crippen LogP contribution in [0, 0.1) is 12.8 Å². The lowest BCUT2D eigenvalue weighted by atomic mass is 10.0. The maximum absolute atomic E-state index is 10.8. The number of primary amides is 1. The third-order valence-corrected chi connectivity index (χ3v) is 4.02. The minimum atomic E-state index is -0.730. The number of unbranched alkanes of at least 4 members (excludes halogenated alkanes) is 2. The number of aliphatic carboxylic acids is 1. The zero-order valence-electron chi connectivity index (χ0n) is 14.7. The van der Waals surface area contributed by atoms with Crippen molar-refractivity contribution >= 4 is 11.9 Å². The summed E-state index contributed by atoms with van der Waals surface area (Å²) < 4.78 is 5.90. The Bertz CT molecular complexity index is 542. The molecule has 1 atom stereocenters. The van der Waals surface area contributed by atoms with Gasteiger partial charge in [0.1, 0.15) is 5.75 Å². The van der Waals surface area contributed by atoms with Crippen LogP contribution in [-0.4, -0.2) is 23.6 Å². The van der Waals surface area contributed by atoms with Gasteiger partial charge < -0.3 is 15.6 Å². The molecule has 0 aliphatic carbocycles. The van der Waals surface area contributed by atoms with E-state index in [9.17, 15) is 9.59 Å². The fourth-order valence-corrected chi connectivity index (χ4v) is 2.44. The van der Waals surface area contributed by atoms with Crippen LogP contribution in [0.15, 0.2) is 18.2 Å². The number of carbonyl (C=O) groups excluding carboxylic acids is 1. The largest absolute Gasteiger partial charge is 0.493 e. The first-order chi connectivity index (χ1) is 11.4. The smallest absolute Gasteiger partial charge is 0.303 e. The number of nitrogens with two attached hydrogens (primary N) is 1. The van der Waals surface area contributed by atoms with Crippen LogP contribution < -0.4 is 10.5 Å². The summed E-state index contributed by atoms with van der Waals surface area (Å²) in [6.45, 7) is 4.63. The lowest BCUT2D eigenvalue weighted by Gasteiger charge is -2.15. The van der Waals surface area contributed by atoms with Gasteiger partial charge in [-0.05, 0) is 55.7 Å². The number of carboxylic acid groups (broad SMARTS) is 1. The Kier molecular flexibility index (Phi) is 8.90. The molecule has 24 heavy (non-hydrogen) atoms. The Morgan fingerprint density at radius 3 is 2.62 bits per heavy atom. The minimum Gasteiger partial charge on any atom is -0.493 e. The lowest BCUT2D eigenvalue weighted by Crippen LogP contribution is -2.15. The van der Waals surface area contributed by atoms with Gasteiger partial charge in [0.2, 0.25) is 5.91 Å². The molecular weight excluding hydrogens is 306 g/mol. The number of aryl methyl sites for hydroxylation is 2. The number of benzene rings is 1. The van der Waals surface area contributed by atoms with Crippen molar-refractivity contribution in [1.29, 1.82) is 0 Å². The molecule has 1 aromatic carbocycles. The molecule has 0 saturated heterocycles. The highest BCUT2D eigenvalue weighted by Gasteiger charge is 2.08. The third kappa shape index (κ3) is 8.56. The van der Waals surface area contributed by atoms with Gasteiger partial charge in [0.15, 0.2) is 0 Å². The highest BCUT2D eigenvalue weighted by Crippen LogP contribution is 2.22. The van der Waals surface area contributed by atoms with Crippen LogP contribution in [0.3, 0.4) is 0 Å². The molecule has 1 aromatic rings. The molecule has 0 aliphatic heterocycles. The van der Waals surface area contributed by atoms with E-state index in [0.29, 0.717) is 13.0 Å². The highest BCUT2D eigenvalue weighted by molar-refractivity contribution is 5.73. The average Bonchev–Trinajstić information content (AvgIpc) is 2.52. The van der Waals surface area contributed by atoms with Crippen molar-refractivity contribution in [2.45, 2.75) is 58.8 Å². The fourth-order valence-electron chi connectivity index (χ4n) is 2.44. The normalized spacial score (nSPS) is 11.9. The quantitative estimate of drug-likeness (QED) is 0.572. The Hall–Kier alpha value is -2.04. The van der Waals surface area contributed by atoms with E-state index in [1.165, 1.54) is 5.56 Å². The predicted molar refractivity (Wildman–Crippen MR) is 94.1 cm³/mol. The van der Waals surface area contributed by atoms with E-state index >= 15 is 0 Å². The van der Waals surface area contributed by atoms with E-state index in [1.54, 1.807) is 0 Å². The Morgan fingerprint density at radius 2 is 1.96 bits per heavy atom. The number of carbonyl (C=O) groups is 2. The van der Waals surface area contributed by atoms with Crippen LogP contribution >= 0.6 is 0 Å². The van der Waals surface area contributed by atoms with Gasteiger partial charge >= 0.3 is 5.97 Å². The molecule has 0 aliphatic rings. The maximum Gasteiger partial charge on any atom is 0.303 e. The lowest BCUT2D eigenvalue weighted by molar-refractivity contribution is -0.137. The molecule has 0 aromatic heterocycles. The molecule has 1 rings (SSSR count). The van der Waals surface area contributed by atoms with E-state index in [1.807, 2.05) is 13.8 Å². The first-order valence-corrected chi connectivity index (χ1v) is 8.61. The van der Waals surface area contributed by atoms with Gasteiger partial charge in [0.25, 0.3) is 0 Å². The maximum atomic E-state index is 10.8. The van der Waals surface area contributed by atoms with E-state index in [0.717, 1.165) is 43.4 Å². The number of hydrogen-bond donors (Lipinski definition) is 2. The molecule has 3 N–H and O–H groups in total. The monoisotopic (exact) mass is 335 g/mol. The van der Waals surface area contributed by atoms with E-state index in [4.69, 9.17) is 15.6 Å². The molecule has 0 unspecified atom stereocenters. The summed E-state index contributed by atoms with van der Waals surface area (Å²) in [5.74, 6) is 0.148. The van der Waals surface area contributed by atoms with Crippen molar-refractivity contribution in [2.75, 3.05) is 6.61 Å². The first-order valence-electron chi connectivity index (χ1n) is 8.61. The second-order valence-corrected chi connectivity index (χ2v) is 6.48. The zero-order valence-corrected chi connectivity index (χ0v) is 14.7. The molecular formula is C19H29NO4. The van der Waals surface area contributed by atoms with Crippen molar-refractivity contribution in [3.8, 4) is 5.75 Å². The van der Waals surface area contributed by atoms with Gasteiger partial charge in [-0.3, -0.25) is 9.59 Å². The molecule has 0 bridgehead atoms. The van der Waals surface area contributed by atoms with Crippen molar-refractivity contribution in [2.24, 2.45) is 11.7 Å². The fraction of sp³-hybridized carbons (Fsp3) is 0.579. The molecule has 1 amide bonds. The molecule has 0 fully saturated rings. The van der Waals surface area contributed by atoms with Crippen LogP contribution in [-0.2, 0) is 16.0 Å². The summed E-state index contributed by atoms with van der Waals surface area (Å²) in [5, 5.41) is 8.63. The Labute approximate surface area is 144 Å². The first kappa shape index (κ1) is 20.0. The number of amides is 1. The van der Waals surface area contributed by atoms with Gasteiger partial charge in [-0.25, -0.2) is 0 Å². The van der Waals surface area contributed by atoms with Crippen molar-refractivity contribution in [1.82, 2.24) is 0 Å². The van der Waals surface area contributed by atoms with Crippen LogP contribution in [0.2, 0.25) is 0 Å². The van der Waals surface area contributed by atoms with Gasteiger partial charge in [-0.2, -0.15) is 0 Å². The van der Waals surface area contributed by atoms with Crippen LogP contribution in [0.4, 0.5) is 0 Å². The van der Waals surface area contributed by atoms with E-state index < -0.39 is 5.97 Å². The second-order valence-electron chi connectivity index (χ2n) is 6.48. The Morgan fingerprint density at radius 1 is 1.21 bits per heavy atom. The second kappa shape index (κ2) is 10.7. The Balaban J connectivity index is 2.41. The molecule has 5 heteroatoms. The van der Waals surface area contributed by atoms with Gasteiger partial charge in [0, 0.05) is 12.8 Å². The summed E-state index contributed by atoms with van der Waals surface area (Å²) in [5.41, 5.74) is 7.46. The summed E-state index contributed by atoms with van der Waals surface area (Å²) in [6.07, 6.45) is 4.91.